The summed E-state index contributed by atoms with van der Waals surface area (Å²) in [5.74, 6) is 0.176. The van der Waals surface area contributed by atoms with E-state index in [0.717, 1.165) is 11.3 Å². The van der Waals surface area contributed by atoms with E-state index in [1.54, 1.807) is 0 Å². The van der Waals surface area contributed by atoms with E-state index in [4.69, 9.17) is 9.84 Å². The van der Waals surface area contributed by atoms with Gasteiger partial charge in [-0.05, 0) is 25.3 Å². The Morgan fingerprint density at radius 1 is 1.25 bits per heavy atom. The van der Waals surface area contributed by atoms with Gasteiger partial charge in [-0.15, -0.1) is 0 Å². The van der Waals surface area contributed by atoms with Crippen molar-refractivity contribution in [3.63, 3.8) is 0 Å². The van der Waals surface area contributed by atoms with Crippen LogP contribution >= 0.6 is 0 Å². The van der Waals surface area contributed by atoms with E-state index >= 15 is 0 Å². The molecule has 2 aromatic rings. The van der Waals surface area contributed by atoms with Gasteiger partial charge in [-0.2, -0.15) is 4.98 Å². The predicted molar refractivity (Wildman–Crippen MR) is 90.1 cm³/mol. The van der Waals surface area contributed by atoms with Crippen molar-refractivity contribution in [2.75, 3.05) is 18.0 Å². The van der Waals surface area contributed by atoms with Crippen molar-refractivity contribution in [2.24, 2.45) is 5.92 Å². The van der Waals surface area contributed by atoms with Gasteiger partial charge in [0.25, 0.3) is 0 Å². The minimum Gasteiger partial charge on any atom is -0.481 e. The van der Waals surface area contributed by atoms with Crippen LogP contribution in [0.15, 0.2) is 36.4 Å². The summed E-state index contributed by atoms with van der Waals surface area (Å²) in [5.41, 5.74) is 1.92. The number of anilines is 1. The lowest BCUT2D eigenvalue weighted by Crippen LogP contribution is -2.37. The SMILES string of the molecule is Cc1cc(OCc2ccccc2)nc(N2CCC(C(=O)O)CC2)n1. The third kappa shape index (κ3) is 4.01. The zero-order chi connectivity index (χ0) is 16.9. The number of rotatable bonds is 5. The Balaban J connectivity index is 1.67. The van der Waals surface area contributed by atoms with Gasteiger partial charge in [-0.1, -0.05) is 30.3 Å². The van der Waals surface area contributed by atoms with Gasteiger partial charge < -0.3 is 14.7 Å². The van der Waals surface area contributed by atoms with Gasteiger partial charge >= 0.3 is 5.97 Å². The summed E-state index contributed by atoms with van der Waals surface area (Å²) in [6.07, 6.45) is 1.24. The molecule has 0 saturated carbocycles. The Morgan fingerprint density at radius 2 is 1.96 bits per heavy atom. The summed E-state index contributed by atoms with van der Waals surface area (Å²) in [6.45, 7) is 3.67. The lowest BCUT2D eigenvalue weighted by atomic mass is 9.97. The van der Waals surface area contributed by atoms with Gasteiger partial charge in [0.1, 0.15) is 6.61 Å². The summed E-state index contributed by atoms with van der Waals surface area (Å²) in [7, 11) is 0. The van der Waals surface area contributed by atoms with E-state index in [2.05, 4.69) is 9.97 Å². The Morgan fingerprint density at radius 3 is 2.62 bits per heavy atom. The predicted octanol–water partition coefficient (Wildman–Crippen LogP) is 2.67. The number of carbonyl (C=O) groups is 1. The second kappa shape index (κ2) is 7.29. The highest BCUT2D eigenvalue weighted by molar-refractivity contribution is 5.70. The molecule has 6 nitrogen and oxygen atoms in total. The van der Waals surface area contributed by atoms with E-state index in [1.165, 1.54) is 0 Å². The molecule has 0 spiro atoms. The number of ether oxygens (including phenoxy) is 1. The highest BCUT2D eigenvalue weighted by atomic mass is 16.5. The number of aliphatic carboxylic acids is 1. The molecule has 1 saturated heterocycles. The van der Waals surface area contributed by atoms with Crippen molar-refractivity contribution in [3.8, 4) is 5.88 Å². The summed E-state index contributed by atoms with van der Waals surface area (Å²) in [6, 6.07) is 11.7. The van der Waals surface area contributed by atoms with Gasteiger partial charge in [0.15, 0.2) is 0 Å². The van der Waals surface area contributed by atoms with Crippen LogP contribution in [0.5, 0.6) is 5.88 Å². The van der Waals surface area contributed by atoms with Crippen molar-refractivity contribution in [2.45, 2.75) is 26.4 Å². The molecule has 1 fully saturated rings. The topological polar surface area (TPSA) is 75.5 Å². The maximum absolute atomic E-state index is 11.1. The zero-order valence-corrected chi connectivity index (χ0v) is 13.7. The summed E-state index contributed by atoms with van der Waals surface area (Å²) in [4.78, 5) is 22.0. The first kappa shape index (κ1) is 16.2. The number of carboxylic acid groups (broad SMARTS) is 1. The fraction of sp³-hybridized carbons (Fsp3) is 0.389. The Labute approximate surface area is 141 Å². The number of piperidine rings is 1. The van der Waals surface area contributed by atoms with Crippen LogP contribution < -0.4 is 9.64 Å². The van der Waals surface area contributed by atoms with E-state index in [-0.39, 0.29) is 5.92 Å². The second-order valence-corrected chi connectivity index (χ2v) is 6.02. The minimum absolute atomic E-state index is 0.264. The molecular weight excluding hydrogens is 306 g/mol. The van der Waals surface area contributed by atoms with Crippen molar-refractivity contribution in [1.82, 2.24) is 9.97 Å². The molecule has 126 valence electrons. The van der Waals surface area contributed by atoms with E-state index in [1.807, 2.05) is 48.2 Å². The normalized spacial score (nSPS) is 15.3. The van der Waals surface area contributed by atoms with Crippen LogP contribution in [0, 0.1) is 12.8 Å². The molecule has 24 heavy (non-hydrogen) atoms. The molecular formula is C18H21N3O3. The maximum Gasteiger partial charge on any atom is 0.306 e. The van der Waals surface area contributed by atoms with Crippen LogP contribution in [0.25, 0.3) is 0 Å². The maximum atomic E-state index is 11.1. The van der Waals surface area contributed by atoms with Crippen LogP contribution in [0.3, 0.4) is 0 Å². The van der Waals surface area contributed by atoms with Crippen molar-refractivity contribution in [1.29, 1.82) is 0 Å². The molecule has 0 unspecified atom stereocenters. The molecule has 1 N–H and O–H groups in total. The molecule has 1 aliphatic rings. The highest BCUT2D eigenvalue weighted by Crippen LogP contribution is 2.23. The molecule has 0 aliphatic carbocycles. The zero-order valence-electron chi connectivity index (χ0n) is 13.7. The van der Waals surface area contributed by atoms with Gasteiger partial charge in [0.05, 0.1) is 5.92 Å². The summed E-state index contributed by atoms with van der Waals surface area (Å²) >= 11 is 0. The third-order valence-electron chi connectivity index (χ3n) is 4.18. The quantitative estimate of drug-likeness (QED) is 0.910. The number of aryl methyl sites for hydroxylation is 1. The summed E-state index contributed by atoms with van der Waals surface area (Å²) < 4.78 is 5.79. The van der Waals surface area contributed by atoms with E-state index in [0.29, 0.717) is 44.4 Å². The van der Waals surface area contributed by atoms with Crippen LogP contribution in [0.1, 0.15) is 24.1 Å². The number of carboxylic acids is 1. The van der Waals surface area contributed by atoms with Gasteiger partial charge in [0.2, 0.25) is 11.8 Å². The van der Waals surface area contributed by atoms with Crippen LogP contribution in [0.4, 0.5) is 5.95 Å². The van der Waals surface area contributed by atoms with Crippen molar-refractivity contribution < 1.29 is 14.6 Å². The molecule has 0 atom stereocenters. The van der Waals surface area contributed by atoms with Crippen molar-refractivity contribution >= 4 is 11.9 Å². The molecule has 2 heterocycles. The third-order valence-corrected chi connectivity index (χ3v) is 4.18. The van der Waals surface area contributed by atoms with E-state index in [9.17, 15) is 4.79 Å². The average molecular weight is 327 g/mol. The first-order valence-electron chi connectivity index (χ1n) is 8.12. The monoisotopic (exact) mass is 327 g/mol. The molecule has 0 radical (unpaired) electrons. The van der Waals surface area contributed by atoms with Gasteiger partial charge in [0, 0.05) is 24.8 Å². The van der Waals surface area contributed by atoms with Crippen LogP contribution in [0.2, 0.25) is 0 Å². The molecule has 3 rings (SSSR count). The smallest absolute Gasteiger partial charge is 0.306 e. The summed E-state index contributed by atoms with van der Waals surface area (Å²) in [5, 5.41) is 9.09. The highest BCUT2D eigenvalue weighted by Gasteiger charge is 2.26. The van der Waals surface area contributed by atoms with Crippen LogP contribution in [-0.4, -0.2) is 34.1 Å². The Hall–Kier alpha value is -2.63. The molecule has 0 bridgehead atoms. The standard InChI is InChI=1S/C18H21N3O3/c1-13-11-16(24-12-14-5-3-2-4-6-14)20-18(19-13)21-9-7-15(8-10-21)17(22)23/h2-6,11,15H,7-10,12H2,1H3,(H,22,23). The lowest BCUT2D eigenvalue weighted by Gasteiger charge is -2.30. The molecule has 1 aromatic heterocycles. The number of hydrogen-bond acceptors (Lipinski definition) is 5. The largest absolute Gasteiger partial charge is 0.481 e. The average Bonchev–Trinajstić information content (AvgIpc) is 2.60. The molecule has 1 aromatic carbocycles. The lowest BCUT2D eigenvalue weighted by molar-refractivity contribution is -0.142. The Kier molecular flexibility index (Phi) is 4.93. The number of aromatic nitrogens is 2. The number of hydrogen-bond donors (Lipinski definition) is 1. The van der Waals surface area contributed by atoms with Gasteiger partial charge in [-0.3, -0.25) is 4.79 Å². The Bertz CT molecular complexity index is 698. The molecule has 1 aliphatic heterocycles. The number of benzene rings is 1. The second-order valence-electron chi connectivity index (χ2n) is 6.02. The van der Waals surface area contributed by atoms with Crippen LogP contribution in [-0.2, 0) is 11.4 Å². The van der Waals surface area contributed by atoms with Gasteiger partial charge in [-0.25, -0.2) is 4.98 Å². The molecule has 6 heteroatoms. The first-order valence-corrected chi connectivity index (χ1v) is 8.12. The van der Waals surface area contributed by atoms with E-state index < -0.39 is 5.97 Å². The first-order chi connectivity index (χ1) is 11.6. The fourth-order valence-corrected chi connectivity index (χ4v) is 2.80. The minimum atomic E-state index is -0.716. The fourth-order valence-electron chi connectivity index (χ4n) is 2.80. The molecule has 0 amide bonds. The number of nitrogens with zero attached hydrogens (tertiary/aromatic N) is 3. The van der Waals surface area contributed by atoms with Crippen molar-refractivity contribution in [3.05, 3.63) is 47.7 Å².